The quantitative estimate of drug-likeness (QED) is 0.234. The van der Waals surface area contributed by atoms with E-state index in [9.17, 15) is 24.3 Å². The zero-order chi connectivity index (χ0) is 27.8. The number of hydrogen-bond donors (Lipinski definition) is 4. The number of thioether (sulfide) groups is 1. The maximum absolute atomic E-state index is 13.1. The summed E-state index contributed by atoms with van der Waals surface area (Å²) in [5.41, 5.74) is 0.840. The minimum Gasteiger partial charge on any atom is -0.508 e. The summed E-state index contributed by atoms with van der Waals surface area (Å²) < 4.78 is 0. The third kappa shape index (κ3) is 8.73. The lowest BCUT2D eigenvalue weighted by molar-refractivity contribution is -0.139. The van der Waals surface area contributed by atoms with Gasteiger partial charge in [-0.25, -0.2) is 0 Å². The summed E-state index contributed by atoms with van der Waals surface area (Å²) in [6, 6.07) is 6.17. The van der Waals surface area contributed by atoms with E-state index < -0.39 is 6.04 Å². The Balaban J connectivity index is 1.51. The van der Waals surface area contributed by atoms with Gasteiger partial charge in [-0.2, -0.15) is 0 Å². The van der Waals surface area contributed by atoms with Crippen molar-refractivity contribution in [3.63, 3.8) is 0 Å². The number of hydrogen-bond acceptors (Lipinski definition) is 7. The number of nitrogens with one attached hydrogen (secondary N) is 3. The highest BCUT2D eigenvalue weighted by atomic mass is 32.2. The van der Waals surface area contributed by atoms with Crippen LogP contribution in [0.4, 0.5) is 0 Å². The van der Waals surface area contributed by atoms with Gasteiger partial charge >= 0.3 is 0 Å². The molecule has 1 aromatic carbocycles. The van der Waals surface area contributed by atoms with Crippen molar-refractivity contribution in [2.24, 2.45) is 11.8 Å². The van der Waals surface area contributed by atoms with E-state index in [2.05, 4.69) is 16.0 Å². The molecule has 1 aliphatic carbocycles. The highest BCUT2D eigenvalue weighted by Crippen LogP contribution is 2.32. The number of rotatable bonds is 12. The molecule has 2 atom stereocenters. The van der Waals surface area contributed by atoms with Crippen LogP contribution in [0.1, 0.15) is 65.4 Å². The molecule has 1 saturated carbocycles. The second kappa shape index (κ2) is 14.0. The number of phenolic OH excluding ortho intramolecular Hbond substituents is 1. The summed E-state index contributed by atoms with van der Waals surface area (Å²) in [5.74, 6) is 0.164. The van der Waals surface area contributed by atoms with Crippen LogP contribution in [0, 0.1) is 11.8 Å². The molecule has 4 amide bonds. The van der Waals surface area contributed by atoms with E-state index >= 15 is 0 Å². The molecule has 3 rings (SSSR count). The summed E-state index contributed by atoms with van der Waals surface area (Å²) >= 11 is 1.49. The van der Waals surface area contributed by atoms with E-state index in [0.717, 1.165) is 18.4 Å². The lowest BCUT2D eigenvalue weighted by Crippen LogP contribution is -2.51. The average Bonchev–Trinajstić information content (AvgIpc) is 3.12. The molecule has 1 heterocycles. The van der Waals surface area contributed by atoms with Gasteiger partial charge in [0.2, 0.25) is 23.6 Å². The highest BCUT2D eigenvalue weighted by Gasteiger charge is 2.40. The maximum atomic E-state index is 13.1. The fourth-order valence-electron chi connectivity index (χ4n) is 4.91. The Kier molecular flexibility index (Phi) is 11.0. The van der Waals surface area contributed by atoms with Crippen molar-refractivity contribution < 1.29 is 24.3 Å². The highest BCUT2D eigenvalue weighted by molar-refractivity contribution is 8.00. The monoisotopic (exact) mass is 546 g/mol. The van der Waals surface area contributed by atoms with Crippen molar-refractivity contribution >= 4 is 35.4 Å². The predicted octanol–water partition coefficient (Wildman–Crippen LogP) is 2.57. The summed E-state index contributed by atoms with van der Waals surface area (Å²) in [5, 5.41) is 18.3. The molecule has 1 aliphatic heterocycles. The molecule has 1 aromatic rings. The second-order valence-corrected chi connectivity index (χ2v) is 12.2. The number of nitrogens with zero attached hydrogens (tertiary/aromatic N) is 1. The van der Waals surface area contributed by atoms with Crippen LogP contribution in [0.5, 0.6) is 5.75 Å². The Labute approximate surface area is 229 Å². The van der Waals surface area contributed by atoms with Gasteiger partial charge in [0, 0.05) is 43.3 Å². The summed E-state index contributed by atoms with van der Waals surface area (Å²) in [6.07, 6.45) is 3.39. The Morgan fingerprint density at radius 2 is 1.66 bits per heavy atom. The first kappa shape index (κ1) is 30.0. The van der Waals surface area contributed by atoms with Gasteiger partial charge in [-0.3, -0.25) is 24.1 Å². The van der Waals surface area contributed by atoms with E-state index in [-0.39, 0.29) is 58.9 Å². The van der Waals surface area contributed by atoms with E-state index in [1.165, 1.54) is 16.7 Å². The molecule has 0 spiro atoms. The van der Waals surface area contributed by atoms with Gasteiger partial charge < -0.3 is 21.1 Å². The standard InChI is InChI=1S/C28H42N4O5S/c1-17(2)29-16-38-24-14-25(34)32(28(24)37)15-20-5-9-21(10-6-20)26(35)31-23(27(36)30-18(3)4)13-19-7-11-22(33)12-8-19/h7-8,11-12,17-18,20-21,23-24,29,33H,5-6,9-10,13-16H2,1-4H3,(H,30,36)(H,31,35). The van der Waals surface area contributed by atoms with Crippen molar-refractivity contribution in [2.45, 2.75) is 89.6 Å². The van der Waals surface area contributed by atoms with Crippen LogP contribution in [-0.4, -0.2) is 69.4 Å². The average molecular weight is 547 g/mol. The van der Waals surface area contributed by atoms with Crippen molar-refractivity contribution in [1.82, 2.24) is 20.9 Å². The largest absolute Gasteiger partial charge is 0.508 e. The third-order valence-corrected chi connectivity index (χ3v) is 8.18. The SMILES string of the molecule is CC(C)NCSC1CC(=O)N(CC2CCC(C(=O)NC(Cc3ccc(O)cc3)C(=O)NC(C)C)CC2)C1=O. The molecule has 210 valence electrons. The number of carbonyl (C=O) groups excluding carboxylic acids is 4. The molecule has 0 aromatic heterocycles. The molecular formula is C28H42N4O5S. The van der Waals surface area contributed by atoms with Crippen LogP contribution < -0.4 is 16.0 Å². The third-order valence-electron chi connectivity index (χ3n) is 7.08. The van der Waals surface area contributed by atoms with Crippen LogP contribution >= 0.6 is 11.8 Å². The molecule has 0 bridgehead atoms. The van der Waals surface area contributed by atoms with Crippen molar-refractivity contribution in [1.29, 1.82) is 0 Å². The lowest BCUT2D eigenvalue weighted by Gasteiger charge is -2.31. The van der Waals surface area contributed by atoms with E-state index in [1.807, 2.05) is 27.7 Å². The van der Waals surface area contributed by atoms with E-state index in [4.69, 9.17) is 0 Å². The smallest absolute Gasteiger partial charge is 0.243 e. The van der Waals surface area contributed by atoms with Crippen molar-refractivity contribution in [3.8, 4) is 5.75 Å². The summed E-state index contributed by atoms with van der Waals surface area (Å²) in [4.78, 5) is 52.7. The second-order valence-electron chi connectivity index (χ2n) is 11.0. The van der Waals surface area contributed by atoms with Gasteiger partial charge in [-0.05, 0) is 63.1 Å². The number of phenols is 1. The maximum Gasteiger partial charge on any atom is 0.243 e. The predicted molar refractivity (Wildman–Crippen MR) is 148 cm³/mol. The van der Waals surface area contributed by atoms with E-state index in [0.29, 0.717) is 37.7 Å². The van der Waals surface area contributed by atoms with Crippen molar-refractivity contribution in [2.75, 3.05) is 12.4 Å². The Morgan fingerprint density at radius 3 is 2.26 bits per heavy atom. The molecule has 4 N–H and O–H groups in total. The van der Waals surface area contributed by atoms with Gasteiger partial charge in [0.25, 0.3) is 0 Å². The molecular weight excluding hydrogens is 504 g/mol. The first-order chi connectivity index (χ1) is 18.0. The molecule has 1 saturated heterocycles. The fourth-order valence-corrected chi connectivity index (χ4v) is 6.07. The van der Waals surface area contributed by atoms with Crippen LogP contribution in [0.15, 0.2) is 24.3 Å². The topological polar surface area (TPSA) is 128 Å². The molecule has 0 radical (unpaired) electrons. The van der Waals surface area contributed by atoms with E-state index in [1.54, 1.807) is 24.3 Å². The van der Waals surface area contributed by atoms with Crippen molar-refractivity contribution in [3.05, 3.63) is 29.8 Å². The molecule has 2 aliphatic rings. The van der Waals surface area contributed by atoms with Crippen LogP contribution in [0.25, 0.3) is 0 Å². The number of amides is 4. The van der Waals surface area contributed by atoms with Gasteiger partial charge in [0.1, 0.15) is 11.8 Å². The van der Waals surface area contributed by atoms with Gasteiger partial charge in [-0.1, -0.05) is 26.0 Å². The first-order valence-electron chi connectivity index (χ1n) is 13.6. The Bertz CT molecular complexity index is 976. The van der Waals surface area contributed by atoms with Gasteiger partial charge in [0.15, 0.2) is 0 Å². The first-order valence-corrected chi connectivity index (χ1v) is 14.7. The Morgan fingerprint density at radius 1 is 1.00 bits per heavy atom. The molecule has 2 fully saturated rings. The van der Waals surface area contributed by atoms with Gasteiger partial charge in [-0.15, -0.1) is 11.8 Å². The zero-order valence-corrected chi connectivity index (χ0v) is 23.7. The Hall–Kier alpha value is -2.59. The molecule has 9 nitrogen and oxygen atoms in total. The number of imide groups is 1. The minimum atomic E-state index is -0.716. The van der Waals surface area contributed by atoms with Crippen LogP contribution in [-0.2, 0) is 25.6 Å². The fraction of sp³-hybridized carbons (Fsp3) is 0.643. The zero-order valence-electron chi connectivity index (χ0n) is 22.9. The van der Waals surface area contributed by atoms with Crippen LogP contribution in [0.3, 0.4) is 0 Å². The number of carbonyl (C=O) groups is 4. The molecule has 2 unspecified atom stereocenters. The molecule has 10 heteroatoms. The number of benzene rings is 1. The summed E-state index contributed by atoms with van der Waals surface area (Å²) in [6.45, 7) is 8.25. The number of likely N-dealkylation sites (tertiary alicyclic amines) is 1. The molecule has 38 heavy (non-hydrogen) atoms. The van der Waals surface area contributed by atoms with Crippen LogP contribution in [0.2, 0.25) is 0 Å². The van der Waals surface area contributed by atoms with Gasteiger partial charge in [0.05, 0.1) is 5.25 Å². The summed E-state index contributed by atoms with van der Waals surface area (Å²) in [7, 11) is 0. The normalized spacial score (nSPS) is 22.7. The lowest BCUT2D eigenvalue weighted by atomic mass is 9.81. The minimum absolute atomic E-state index is 0.0577. The number of aromatic hydroxyl groups is 1.